The summed E-state index contributed by atoms with van der Waals surface area (Å²) in [4.78, 5) is 21.6. The summed E-state index contributed by atoms with van der Waals surface area (Å²) < 4.78 is 0. The quantitative estimate of drug-likeness (QED) is 0.804. The number of halogens is 1. The third-order valence-corrected chi connectivity index (χ3v) is 3.13. The fourth-order valence-corrected chi connectivity index (χ4v) is 2.32. The molecule has 2 heterocycles. The standard InChI is InChI=1S/C11H15ClN4O/c1-7-14-9(12)5-10(15-7)16-4-2-3-8(6-16)11(13)17/h5,8H,2-4,6H2,1H3,(H2,13,17). The highest BCUT2D eigenvalue weighted by atomic mass is 35.5. The van der Waals surface area contributed by atoms with Crippen molar-refractivity contribution in [2.24, 2.45) is 11.7 Å². The molecular formula is C11H15ClN4O. The van der Waals surface area contributed by atoms with Crippen LogP contribution in [0.1, 0.15) is 18.7 Å². The summed E-state index contributed by atoms with van der Waals surface area (Å²) in [5, 5.41) is 0.425. The normalized spacial score (nSPS) is 20.4. The van der Waals surface area contributed by atoms with Gasteiger partial charge in [0.1, 0.15) is 16.8 Å². The van der Waals surface area contributed by atoms with Crippen molar-refractivity contribution in [3.8, 4) is 0 Å². The highest BCUT2D eigenvalue weighted by Crippen LogP contribution is 2.23. The summed E-state index contributed by atoms with van der Waals surface area (Å²) in [7, 11) is 0. The topological polar surface area (TPSA) is 72.1 Å². The number of amides is 1. The molecule has 1 aliphatic heterocycles. The zero-order chi connectivity index (χ0) is 12.4. The number of primary amides is 1. The number of rotatable bonds is 2. The number of nitrogens with zero attached hydrogens (tertiary/aromatic N) is 3. The van der Waals surface area contributed by atoms with Crippen molar-refractivity contribution in [2.75, 3.05) is 18.0 Å². The number of aryl methyl sites for hydroxylation is 1. The first-order valence-corrected chi connectivity index (χ1v) is 5.99. The molecule has 5 nitrogen and oxygen atoms in total. The molecule has 6 heteroatoms. The Bertz CT molecular complexity index is 417. The molecule has 1 saturated heterocycles. The lowest BCUT2D eigenvalue weighted by molar-refractivity contribution is -0.122. The van der Waals surface area contributed by atoms with Crippen LogP contribution in [0.2, 0.25) is 5.15 Å². The molecule has 0 radical (unpaired) electrons. The van der Waals surface area contributed by atoms with E-state index in [1.165, 1.54) is 0 Å². The van der Waals surface area contributed by atoms with Gasteiger partial charge in [-0.15, -0.1) is 0 Å². The van der Waals surface area contributed by atoms with Gasteiger partial charge >= 0.3 is 0 Å². The lowest BCUT2D eigenvalue weighted by Gasteiger charge is -2.32. The second-order valence-corrected chi connectivity index (χ2v) is 4.67. The third kappa shape index (κ3) is 2.85. The zero-order valence-corrected chi connectivity index (χ0v) is 10.4. The summed E-state index contributed by atoms with van der Waals surface area (Å²) in [6.45, 7) is 3.28. The molecule has 0 bridgehead atoms. The zero-order valence-electron chi connectivity index (χ0n) is 9.69. The molecule has 1 aliphatic rings. The minimum Gasteiger partial charge on any atom is -0.369 e. The predicted molar refractivity (Wildman–Crippen MR) is 65.9 cm³/mol. The van der Waals surface area contributed by atoms with Crippen LogP contribution in [-0.2, 0) is 4.79 Å². The molecular weight excluding hydrogens is 240 g/mol. The van der Waals surface area contributed by atoms with E-state index in [2.05, 4.69) is 9.97 Å². The smallest absolute Gasteiger partial charge is 0.222 e. The molecule has 92 valence electrons. The Balaban J connectivity index is 2.18. The predicted octanol–water partition coefficient (Wildman–Crippen LogP) is 1.14. The number of carbonyl (C=O) groups is 1. The Morgan fingerprint density at radius 1 is 1.59 bits per heavy atom. The maximum atomic E-state index is 11.2. The fraction of sp³-hybridized carbons (Fsp3) is 0.545. The van der Waals surface area contributed by atoms with Gasteiger partial charge in [-0.05, 0) is 19.8 Å². The molecule has 1 fully saturated rings. The molecule has 17 heavy (non-hydrogen) atoms. The van der Waals surface area contributed by atoms with Crippen LogP contribution in [0, 0.1) is 12.8 Å². The minimum absolute atomic E-state index is 0.0993. The van der Waals surface area contributed by atoms with Gasteiger partial charge in [0, 0.05) is 19.2 Å². The van der Waals surface area contributed by atoms with Gasteiger partial charge in [0.25, 0.3) is 0 Å². The van der Waals surface area contributed by atoms with Crippen LogP contribution in [0.25, 0.3) is 0 Å². The van der Waals surface area contributed by atoms with Crippen LogP contribution in [0.5, 0.6) is 0 Å². The number of nitrogens with two attached hydrogens (primary N) is 1. The first-order valence-electron chi connectivity index (χ1n) is 5.61. The van der Waals surface area contributed by atoms with Crippen LogP contribution in [0.4, 0.5) is 5.82 Å². The first kappa shape index (κ1) is 12.1. The Hall–Kier alpha value is -1.36. The van der Waals surface area contributed by atoms with Crippen molar-refractivity contribution in [2.45, 2.75) is 19.8 Å². The maximum absolute atomic E-state index is 11.2. The van der Waals surface area contributed by atoms with Gasteiger partial charge in [0.15, 0.2) is 0 Å². The lowest BCUT2D eigenvalue weighted by atomic mass is 9.97. The van der Waals surface area contributed by atoms with Crippen molar-refractivity contribution < 1.29 is 4.79 Å². The molecule has 0 aromatic carbocycles. The average molecular weight is 255 g/mol. The lowest BCUT2D eigenvalue weighted by Crippen LogP contribution is -2.41. The largest absolute Gasteiger partial charge is 0.369 e. The second-order valence-electron chi connectivity index (χ2n) is 4.28. The SMILES string of the molecule is Cc1nc(Cl)cc(N2CCCC(C(N)=O)C2)n1. The number of aromatic nitrogens is 2. The second kappa shape index (κ2) is 4.87. The van der Waals surface area contributed by atoms with Crippen molar-refractivity contribution in [1.29, 1.82) is 0 Å². The van der Waals surface area contributed by atoms with Gasteiger partial charge in [-0.25, -0.2) is 9.97 Å². The summed E-state index contributed by atoms with van der Waals surface area (Å²) in [6.07, 6.45) is 1.79. The monoisotopic (exact) mass is 254 g/mol. The van der Waals surface area contributed by atoms with E-state index in [0.717, 1.165) is 25.2 Å². The summed E-state index contributed by atoms with van der Waals surface area (Å²) in [5.74, 6) is 1.06. The Morgan fingerprint density at radius 3 is 3.00 bits per heavy atom. The van der Waals surface area contributed by atoms with Gasteiger partial charge < -0.3 is 10.6 Å². The van der Waals surface area contributed by atoms with E-state index >= 15 is 0 Å². The molecule has 1 aromatic rings. The van der Waals surface area contributed by atoms with E-state index in [4.69, 9.17) is 17.3 Å². The summed E-state index contributed by atoms with van der Waals surface area (Å²) in [6, 6.07) is 1.72. The Morgan fingerprint density at radius 2 is 2.35 bits per heavy atom. The highest BCUT2D eigenvalue weighted by Gasteiger charge is 2.25. The molecule has 0 saturated carbocycles. The molecule has 0 spiro atoms. The van der Waals surface area contributed by atoms with Crippen LogP contribution >= 0.6 is 11.6 Å². The number of carbonyl (C=O) groups excluding carboxylic acids is 1. The van der Waals surface area contributed by atoms with Gasteiger partial charge in [0.2, 0.25) is 5.91 Å². The van der Waals surface area contributed by atoms with Crippen molar-refractivity contribution in [1.82, 2.24) is 9.97 Å². The van der Waals surface area contributed by atoms with Crippen LogP contribution < -0.4 is 10.6 Å². The van der Waals surface area contributed by atoms with E-state index in [1.807, 2.05) is 4.90 Å². The van der Waals surface area contributed by atoms with E-state index in [9.17, 15) is 4.79 Å². The van der Waals surface area contributed by atoms with Crippen molar-refractivity contribution in [3.05, 3.63) is 17.0 Å². The molecule has 2 N–H and O–H groups in total. The summed E-state index contributed by atoms with van der Waals surface area (Å²) in [5.41, 5.74) is 5.34. The maximum Gasteiger partial charge on any atom is 0.222 e. The number of hydrogen-bond acceptors (Lipinski definition) is 4. The molecule has 1 atom stereocenters. The third-order valence-electron chi connectivity index (χ3n) is 2.94. The van der Waals surface area contributed by atoms with Crippen molar-refractivity contribution in [3.63, 3.8) is 0 Å². The molecule has 0 aliphatic carbocycles. The van der Waals surface area contributed by atoms with Crippen LogP contribution in [0.3, 0.4) is 0 Å². The number of anilines is 1. The van der Waals surface area contributed by atoms with E-state index in [0.29, 0.717) is 17.5 Å². The Kier molecular flexibility index (Phi) is 3.47. The van der Waals surface area contributed by atoms with Crippen molar-refractivity contribution >= 4 is 23.3 Å². The molecule has 1 amide bonds. The van der Waals surface area contributed by atoms with Gasteiger partial charge in [-0.3, -0.25) is 4.79 Å². The van der Waals surface area contributed by atoms with Crippen LogP contribution in [0.15, 0.2) is 6.07 Å². The average Bonchev–Trinajstić information content (AvgIpc) is 2.28. The van der Waals surface area contributed by atoms with Gasteiger partial charge in [0.05, 0.1) is 5.92 Å². The number of piperidine rings is 1. The van der Waals surface area contributed by atoms with E-state index in [1.54, 1.807) is 13.0 Å². The molecule has 1 unspecified atom stereocenters. The van der Waals surface area contributed by atoms with E-state index < -0.39 is 0 Å². The van der Waals surface area contributed by atoms with E-state index in [-0.39, 0.29) is 11.8 Å². The Labute approximate surface area is 105 Å². The molecule has 2 rings (SSSR count). The van der Waals surface area contributed by atoms with Crippen LogP contribution in [-0.4, -0.2) is 29.0 Å². The molecule has 1 aromatic heterocycles. The minimum atomic E-state index is -0.244. The van der Waals surface area contributed by atoms with Gasteiger partial charge in [-0.2, -0.15) is 0 Å². The van der Waals surface area contributed by atoms with Gasteiger partial charge in [-0.1, -0.05) is 11.6 Å². The fourth-order valence-electron chi connectivity index (χ4n) is 2.10. The summed E-state index contributed by atoms with van der Waals surface area (Å²) >= 11 is 5.90. The number of hydrogen-bond donors (Lipinski definition) is 1. The highest BCUT2D eigenvalue weighted by molar-refractivity contribution is 6.29. The first-order chi connectivity index (χ1) is 8.06.